The third kappa shape index (κ3) is 163. The van der Waals surface area contributed by atoms with Gasteiger partial charge in [0.25, 0.3) is 0 Å². The molecule has 0 unspecified atom stereocenters. The Morgan fingerprint density at radius 1 is 0.357 bits per heavy atom. The molecule has 0 saturated heterocycles. The van der Waals surface area contributed by atoms with Gasteiger partial charge < -0.3 is 59.4 Å². The molecule has 0 rings (SSSR count). The Labute approximate surface area is 214 Å². The van der Waals surface area contributed by atoms with E-state index in [2.05, 4.69) is 0 Å². The summed E-state index contributed by atoms with van der Waals surface area (Å²) >= 11 is 0. The molecule has 0 spiro atoms. The Kier molecular flexibility index (Phi) is 3190. The van der Waals surface area contributed by atoms with Crippen LogP contribution in [0.4, 0.5) is 0 Å². The van der Waals surface area contributed by atoms with Crippen LogP contribution in [0.5, 0.6) is 0 Å². The molecule has 0 aliphatic rings. The van der Waals surface area contributed by atoms with Gasteiger partial charge in [-0.15, -0.1) is 0 Å². The molecule has 90 valence electrons. The largest absolute Gasteiger partial charge is 4.00 e. The minimum atomic E-state index is 0. The molecule has 0 aliphatic heterocycles. The van der Waals surface area contributed by atoms with Crippen LogP contribution < -0.4 is 0 Å². The molecule has 0 saturated carbocycles. The number of hydrogen-bond acceptors (Lipinski definition) is 0. The van der Waals surface area contributed by atoms with Crippen LogP contribution in [0.1, 0.15) is 0 Å². The molecule has 0 aromatic carbocycles. The Morgan fingerprint density at radius 3 is 0.357 bits per heavy atom. The van der Waals surface area contributed by atoms with E-state index in [1.807, 2.05) is 0 Å². The standard InChI is InChI=1S/8CH3.Pt.Ru.W.3Y/h8*1H3;;;;;;/q8*-1;+4;+3;;;;. The summed E-state index contributed by atoms with van der Waals surface area (Å²) in [6.45, 7) is 0. The molecule has 0 bridgehead atoms. The van der Waals surface area contributed by atoms with Crippen molar-refractivity contribution in [3.05, 3.63) is 59.4 Å². The third-order valence-corrected chi connectivity index (χ3v) is 0. The zero-order valence-corrected chi connectivity index (χ0v) is 26.3. The molecule has 0 N–H and O–H groups in total. The van der Waals surface area contributed by atoms with E-state index in [0.717, 1.165) is 0 Å². The van der Waals surface area contributed by atoms with Crippen molar-refractivity contribution in [1.29, 1.82) is 0 Å². The van der Waals surface area contributed by atoms with Gasteiger partial charge in [0, 0.05) is 119 Å². The summed E-state index contributed by atoms with van der Waals surface area (Å²) in [7, 11) is 0. The fraction of sp³-hybridized carbons (Fsp3) is 0. The van der Waals surface area contributed by atoms with Gasteiger partial charge in [-0.1, -0.05) is 0 Å². The average Bonchev–Trinajstić information content (AvgIpc) is 0. The summed E-state index contributed by atoms with van der Waals surface area (Å²) < 4.78 is 0. The third-order valence-electron chi connectivity index (χ3n) is 0. The summed E-state index contributed by atoms with van der Waals surface area (Å²) in [4.78, 5) is 0. The molecule has 6 heteroatoms. The van der Waals surface area contributed by atoms with Crippen molar-refractivity contribution in [2.75, 3.05) is 0 Å². The van der Waals surface area contributed by atoms with Crippen LogP contribution >= 0.6 is 0 Å². The van der Waals surface area contributed by atoms with Crippen molar-refractivity contribution < 1.29 is 160 Å². The molecule has 0 amide bonds. The Bertz CT molecular complexity index is 24.5. The van der Waals surface area contributed by atoms with Crippen LogP contribution in [-0.2, 0) is 160 Å². The quantitative estimate of drug-likeness (QED) is 0.259. The van der Waals surface area contributed by atoms with E-state index in [9.17, 15) is 0 Å². The first-order valence-corrected chi connectivity index (χ1v) is 0. The van der Waals surface area contributed by atoms with E-state index in [4.69, 9.17) is 0 Å². The van der Waals surface area contributed by atoms with Crippen molar-refractivity contribution >= 4 is 0 Å². The first-order chi connectivity index (χ1) is 0. The predicted octanol–water partition coefficient (Wildman–Crippen LogP) is 3.59. The summed E-state index contributed by atoms with van der Waals surface area (Å²) in [5.41, 5.74) is 0. The zero-order chi connectivity index (χ0) is 0. The fourth-order valence-corrected chi connectivity index (χ4v) is 0. The molecule has 4 radical (unpaired) electrons. The van der Waals surface area contributed by atoms with Gasteiger partial charge in [-0.3, -0.25) is 0 Å². The molecular formula is C8H24PtRuWY3-. The van der Waals surface area contributed by atoms with Crippen LogP contribution in [-0.4, -0.2) is 0 Å². The molecule has 0 nitrogen and oxygen atoms in total. The smallest absolute Gasteiger partial charge is 0.358 e. The van der Waals surface area contributed by atoms with Gasteiger partial charge >= 0.3 is 40.5 Å². The first kappa shape index (κ1) is 230. The van der Waals surface area contributed by atoms with Gasteiger partial charge in [0.05, 0.1) is 0 Å². The van der Waals surface area contributed by atoms with Crippen molar-refractivity contribution in [2.45, 2.75) is 0 Å². The first-order valence-electron chi connectivity index (χ1n) is 0. The Morgan fingerprint density at radius 2 is 0.357 bits per heavy atom. The van der Waals surface area contributed by atoms with Gasteiger partial charge in [0.1, 0.15) is 0 Å². The zero-order valence-electron chi connectivity index (χ0n) is 10.8. The van der Waals surface area contributed by atoms with Crippen LogP contribution in [0.3, 0.4) is 0 Å². The van der Waals surface area contributed by atoms with Crippen molar-refractivity contribution in [2.24, 2.45) is 0 Å². The molecule has 0 aromatic heterocycles. The van der Waals surface area contributed by atoms with Crippen LogP contribution in [0.25, 0.3) is 0 Å². The van der Waals surface area contributed by atoms with Gasteiger partial charge in [0.2, 0.25) is 0 Å². The summed E-state index contributed by atoms with van der Waals surface area (Å²) in [6, 6.07) is 0. The second-order valence-corrected chi connectivity index (χ2v) is 0. The molecule has 0 fully saturated rings. The summed E-state index contributed by atoms with van der Waals surface area (Å²) in [6.07, 6.45) is 0. The number of hydrogen-bond donors (Lipinski definition) is 0. The van der Waals surface area contributed by atoms with E-state index >= 15 is 0 Å². The Hall–Kier alpha value is 5.31. The van der Waals surface area contributed by atoms with Gasteiger partial charge in [0.15, 0.2) is 0 Å². The molecule has 0 atom stereocenters. The summed E-state index contributed by atoms with van der Waals surface area (Å²) in [5, 5.41) is 0. The molecule has 14 heavy (non-hydrogen) atoms. The second kappa shape index (κ2) is 195. The van der Waals surface area contributed by atoms with Crippen molar-refractivity contribution in [3.8, 4) is 0 Å². The minimum Gasteiger partial charge on any atom is -0.358 e. The monoisotopic (exact) mass is 868 g/mol. The van der Waals surface area contributed by atoms with E-state index in [1.165, 1.54) is 0 Å². The van der Waals surface area contributed by atoms with E-state index < -0.39 is 0 Å². The average molecular weight is 867 g/mol. The van der Waals surface area contributed by atoms with Crippen LogP contribution in [0.15, 0.2) is 0 Å². The molecular weight excluding hydrogens is 843 g/mol. The summed E-state index contributed by atoms with van der Waals surface area (Å²) in [5.74, 6) is 0. The predicted molar refractivity (Wildman–Crippen MR) is 51.3 cm³/mol. The maximum atomic E-state index is 0. The maximum absolute atomic E-state index is 0. The second-order valence-electron chi connectivity index (χ2n) is 0. The van der Waals surface area contributed by atoms with E-state index in [-0.39, 0.29) is 219 Å². The van der Waals surface area contributed by atoms with Gasteiger partial charge in [-0.05, 0) is 0 Å². The fourth-order valence-electron chi connectivity index (χ4n) is 0. The topological polar surface area (TPSA) is 0 Å². The number of rotatable bonds is 0. The molecule has 0 aliphatic carbocycles. The van der Waals surface area contributed by atoms with Gasteiger partial charge in [-0.2, -0.15) is 0 Å². The SMILES string of the molecule is [CH3-].[CH3-].[CH3-].[CH3-].[CH3-].[CH3-].[CH3-].[CH3-].[Pt+4].[Ru+3].[W].[Y].[Y].[Y]. The van der Waals surface area contributed by atoms with Gasteiger partial charge in [-0.25, -0.2) is 0 Å². The van der Waals surface area contributed by atoms with Crippen molar-refractivity contribution in [3.63, 3.8) is 0 Å². The van der Waals surface area contributed by atoms with E-state index in [0.29, 0.717) is 0 Å². The Balaban J connectivity index is 0. The van der Waals surface area contributed by atoms with Crippen LogP contribution in [0, 0.1) is 59.4 Å². The van der Waals surface area contributed by atoms with Crippen LogP contribution in [0.2, 0.25) is 0 Å². The molecule has 0 heterocycles. The minimum absolute atomic E-state index is 0. The maximum Gasteiger partial charge on any atom is 4.00 e. The molecule has 0 aromatic rings. The van der Waals surface area contributed by atoms with E-state index in [1.54, 1.807) is 0 Å². The van der Waals surface area contributed by atoms with Crippen molar-refractivity contribution in [1.82, 2.24) is 0 Å². The normalized spacial score (nSPS) is 0.